The minimum Gasteiger partial charge on any atom is -0.340 e. The summed E-state index contributed by atoms with van der Waals surface area (Å²) in [6, 6.07) is -0.149. The molecule has 5 nitrogen and oxygen atoms in total. The number of ketones is 1. The van der Waals surface area contributed by atoms with Crippen LogP contribution in [0.3, 0.4) is 0 Å². The molecule has 0 saturated heterocycles. The molecule has 1 aromatic rings. The van der Waals surface area contributed by atoms with Gasteiger partial charge < -0.3 is 9.84 Å². The van der Waals surface area contributed by atoms with Gasteiger partial charge in [0.1, 0.15) is 0 Å². The Morgan fingerprint density at radius 1 is 1.44 bits per heavy atom. The van der Waals surface area contributed by atoms with Gasteiger partial charge >= 0.3 is 0 Å². The van der Waals surface area contributed by atoms with Crippen LogP contribution in [0.2, 0.25) is 0 Å². The highest BCUT2D eigenvalue weighted by molar-refractivity contribution is 5.90. The van der Waals surface area contributed by atoms with E-state index in [0.717, 1.165) is 19.3 Å². The maximum absolute atomic E-state index is 12.6. The molecule has 0 amide bonds. The molecule has 0 aromatic carbocycles. The molecule has 1 N–H and O–H groups in total. The fraction of sp³-hybridized carbons (Fsp3) is 0.769. The van der Waals surface area contributed by atoms with Crippen molar-refractivity contribution < 1.29 is 9.32 Å². The first-order valence-electron chi connectivity index (χ1n) is 6.47. The molecule has 2 atom stereocenters. The van der Waals surface area contributed by atoms with E-state index >= 15 is 0 Å². The molecule has 1 heterocycles. The highest BCUT2D eigenvalue weighted by Crippen LogP contribution is 2.37. The minimum absolute atomic E-state index is 0.0284. The SMILES string of the molecule is CNC1C(=O)C(c2noc(C)n2)CCCC1(C)C. The van der Waals surface area contributed by atoms with Crippen molar-refractivity contribution in [2.75, 3.05) is 7.05 Å². The predicted octanol–water partition coefficient (Wildman–Crippen LogP) is 1.83. The summed E-state index contributed by atoms with van der Waals surface area (Å²) in [5.74, 6) is 1.00. The summed E-state index contributed by atoms with van der Waals surface area (Å²) in [7, 11) is 1.84. The Kier molecular flexibility index (Phi) is 3.52. The maximum atomic E-state index is 12.6. The standard InChI is InChI=1S/C13H21N3O2/c1-8-15-12(16-18-8)9-6-5-7-13(2,3)11(14-4)10(9)17/h9,11,14H,5-7H2,1-4H3. The molecule has 1 saturated carbocycles. The van der Waals surface area contributed by atoms with E-state index in [1.807, 2.05) is 7.05 Å². The van der Waals surface area contributed by atoms with Crippen molar-refractivity contribution in [3.8, 4) is 0 Å². The molecule has 1 aromatic heterocycles. The number of nitrogens with zero attached hydrogens (tertiary/aromatic N) is 2. The smallest absolute Gasteiger partial charge is 0.223 e. The van der Waals surface area contributed by atoms with Gasteiger partial charge in [0.25, 0.3) is 0 Å². The lowest BCUT2D eigenvalue weighted by Gasteiger charge is -2.31. The third kappa shape index (κ3) is 2.32. The Balaban J connectivity index is 2.30. The van der Waals surface area contributed by atoms with E-state index in [1.165, 1.54) is 0 Å². The van der Waals surface area contributed by atoms with Crippen LogP contribution in [0.25, 0.3) is 0 Å². The van der Waals surface area contributed by atoms with Crippen molar-refractivity contribution in [1.82, 2.24) is 15.5 Å². The summed E-state index contributed by atoms with van der Waals surface area (Å²) in [6.45, 7) is 6.02. The van der Waals surface area contributed by atoms with Crippen LogP contribution in [0.5, 0.6) is 0 Å². The first-order chi connectivity index (χ1) is 8.45. The molecular formula is C13H21N3O2. The highest BCUT2D eigenvalue weighted by atomic mass is 16.5. The van der Waals surface area contributed by atoms with Crippen molar-refractivity contribution >= 4 is 5.78 Å². The van der Waals surface area contributed by atoms with Gasteiger partial charge in [-0.25, -0.2) is 0 Å². The predicted molar refractivity (Wildman–Crippen MR) is 67.3 cm³/mol. The van der Waals surface area contributed by atoms with Crippen molar-refractivity contribution in [2.45, 2.75) is 52.0 Å². The van der Waals surface area contributed by atoms with Gasteiger partial charge in [-0.05, 0) is 25.3 Å². The van der Waals surface area contributed by atoms with Crippen LogP contribution >= 0.6 is 0 Å². The zero-order valence-corrected chi connectivity index (χ0v) is 11.5. The van der Waals surface area contributed by atoms with E-state index in [9.17, 15) is 4.79 Å². The van der Waals surface area contributed by atoms with E-state index in [1.54, 1.807) is 6.92 Å². The number of rotatable bonds is 2. The Hall–Kier alpha value is -1.23. The second-order valence-electron chi connectivity index (χ2n) is 5.73. The number of nitrogens with one attached hydrogen (secondary N) is 1. The largest absolute Gasteiger partial charge is 0.340 e. The lowest BCUT2D eigenvalue weighted by Crippen LogP contribution is -2.46. The Labute approximate surface area is 107 Å². The molecule has 100 valence electrons. The van der Waals surface area contributed by atoms with Crippen molar-refractivity contribution in [2.24, 2.45) is 5.41 Å². The molecule has 0 aliphatic heterocycles. The number of carbonyl (C=O) groups is 1. The molecule has 0 spiro atoms. The summed E-state index contributed by atoms with van der Waals surface area (Å²) in [5, 5.41) is 7.07. The number of hydrogen-bond donors (Lipinski definition) is 1. The molecule has 18 heavy (non-hydrogen) atoms. The molecule has 0 radical (unpaired) electrons. The van der Waals surface area contributed by atoms with E-state index in [0.29, 0.717) is 11.7 Å². The van der Waals surface area contributed by atoms with Gasteiger partial charge in [0.2, 0.25) is 5.89 Å². The summed E-state index contributed by atoms with van der Waals surface area (Å²) < 4.78 is 4.99. The Bertz CT molecular complexity index is 439. The van der Waals surface area contributed by atoms with Crippen molar-refractivity contribution in [3.05, 3.63) is 11.7 Å². The van der Waals surface area contributed by atoms with Gasteiger partial charge in [-0.2, -0.15) is 4.98 Å². The summed E-state index contributed by atoms with van der Waals surface area (Å²) in [5.41, 5.74) is -0.0284. The molecule has 1 aliphatic rings. The zero-order valence-electron chi connectivity index (χ0n) is 11.5. The molecule has 1 aliphatic carbocycles. The van der Waals surface area contributed by atoms with Crippen molar-refractivity contribution in [1.29, 1.82) is 0 Å². The zero-order chi connectivity index (χ0) is 13.3. The van der Waals surface area contributed by atoms with Crippen molar-refractivity contribution in [3.63, 3.8) is 0 Å². The third-order valence-electron chi connectivity index (χ3n) is 3.87. The van der Waals surface area contributed by atoms with Gasteiger partial charge in [0.15, 0.2) is 11.6 Å². The van der Waals surface area contributed by atoms with E-state index in [4.69, 9.17) is 4.52 Å². The fourth-order valence-electron chi connectivity index (χ4n) is 2.88. The van der Waals surface area contributed by atoms with E-state index in [2.05, 4.69) is 29.3 Å². The number of Topliss-reactive ketones (excluding diaryl/α,β-unsaturated/α-hetero) is 1. The number of aromatic nitrogens is 2. The van der Waals surface area contributed by atoms with Crippen LogP contribution in [-0.4, -0.2) is 29.0 Å². The average Bonchev–Trinajstić information content (AvgIpc) is 2.66. The maximum Gasteiger partial charge on any atom is 0.223 e. The normalized spacial score (nSPS) is 28.1. The number of carbonyl (C=O) groups excluding carboxylic acids is 1. The third-order valence-corrected chi connectivity index (χ3v) is 3.87. The van der Waals surface area contributed by atoms with E-state index in [-0.39, 0.29) is 23.2 Å². The molecular weight excluding hydrogens is 230 g/mol. The summed E-state index contributed by atoms with van der Waals surface area (Å²) >= 11 is 0. The van der Waals surface area contributed by atoms with Crippen LogP contribution in [0, 0.1) is 12.3 Å². The average molecular weight is 251 g/mol. The topological polar surface area (TPSA) is 68.0 Å². The Morgan fingerprint density at radius 2 is 2.17 bits per heavy atom. The van der Waals surface area contributed by atoms with Crippen LogP contribution < -0.4 is 5.32 Å². The van der Waals surface area contributed by atoms with Crippen LogP contribution in [0.1, 0.15) is 50.7 Å². The lowest BCUT2D eigenvalue weighted by atomic mass is 9.79. The monoisotopic (exact) mass is 251 g/mol. The van der Waals surface area contributed by atoms with Crippen LogP contribution in [0.15, 0.2) is 4.52 Å². The minimum atomic E-state index is -0.235. The molecule has 2 rings (SSSR count). The first-order valence-corrected chi connectivity index (χ1v) is 6.47. The number of aryl methyl sites for hydroxylation is 1. The molecule has 0 bridgehead atoms. The number of likely N-dealkylation sites (N-methyl/N-ethyl adjacent to an activating group) is 1. The lowest BCUT2D eigenvalue weighted by molar-refractivity contribution is -0.124. The van der Waals surface area contributed by atoms with E-state index < -0.39 is 0 Å². The Morgan fingerprint density at radius 3 is 2.72 bits per heavy atom. The van der Waals surface area contributed by atoms with Crippen LogP contribution in [0.4, 0.5) is 0 Å². The van der Waals surface area contributed by atoms with Crippen LogP contribution in [-0.2, 0) is 4.79 Å². The molecule has 2 unspecified atom stereocenters. The van der Waals surface area contributed by atoms with Gasteiger partial charge in [-0.3, -0.25) is 4.79 Å². The summed E-state index contributed by atoms with van der Waals surface area (Å²) in [6.07, 6.45) is 2.84. The molecule has 5 heteroatoms. The number of hydrogen-bond acceptors (Lipinski definition) is 5. The summed E-state index contributed by atoms with van der Waals surface area (Å²) in [4.78, 5) is 16.8. The fourth-order valence-corrected chi connectivity index (χ4v) is 2.88. The van der Waals surface area contributed by atoms with Gasteiger partial charge in [-0.1, -0.05) is 25.4 Å². The molecule has 1 fully saturated rings. The first kappa shape index (κ1) is 13.2. The van der Waals surface area contributed by atoms with Gasteiger partial charge in [0, 0.05) is 6.92 Å². The highest BCUT2D eigenvalue weighted by Gasteiger charge is 2.41. The van der Waals surface area contributed by atoms with Gasteiger partial charge in [-0.15, -0.1) is 0 Å². The second kappa shape index (κ2) is 4.80. The quantitative estimate of drug-likeness (QED) is 0.812. The van der Waals surface area contributed by atoms with Gasteiger partial charge in [0.05, 0.1) is 12.0 Å². The second-order valence-corrected chi connectivity index (χ2v) is 5.73.